The molecule has 0 radical (unpaired) electrons. The molecule has 0 spiro atoms. The Bertz CT molecular complexity index is 921. The Morgan fingerprint density at radius 2 is 1.93 bits per heavy atom. The largest absolute Gasteiger partial charge is 0.478 e. The van der Waals surface area contributed by atoms with Gasteiger partial charge in [0.25, 0.3) is 5.91 Å². The van der Waals surface area contributed by atoms with E-state index in [9.17, 15) is 14.4 Å². The van der Waals surface area contributed by atoms with Crippen molar-refractivity contribution in [1.29, 1.82) is 0 Å². The van der Waals surface area contributed by atoms with E-state index in [1.807, 2.05) is 0 Å². The molecule has 1 fully saturated rings. The molecule has 1 amide bonds. The molecule has 0 bridgehead atoms. The van der Waals surface area contributed by atoms with Gasteiger partial charge in [-0.3, -0.25) is 10.2 Å². The molecule has 2 aromatic carbocycles. The zero-order valence-electron chi connectivity index (χ0n) is 14.5. The number of nitrogens with one attached hydrogen (secondary N) is 1. The van der Waals surface area contributed by atoms with Crippen molar-refractivity contribution in [2.75, 3.05) is 11.6 Å². The van der Waals surface area contributed by atoms with Crippen LogP contribution in [0.5, 0.6) is 0 Å². The summed E-state index contributed by atoms with van der Waals surface area (Å²) in [4.78, 5) is 39.4. The zero-order valence-corrected chi connectivity index (χ0v) is 14.5. The molecule has 1 aliphatic heterocycles. The number of amides is 1. The number of rotatable bonds is 5. The topological polar surface area (TPSA) is 108 Å². The van der Waals surface area contributed by atoms with Gasteiger partial charge >= 0.3 is 11.9 Å². The van der Waals surface area contributed by atoms with Gasteiger partial charge in [-0.1, -0.05) is 6.07 Å². The second kappa shape index (κ2) is 7.69. The second-order valence-electron chi connectivity index (χ2n) is 5.70. The van der Waals surface area contributed by atoms with Crippen molar-refractivity contribution in [3.63, 3.8) is 0 Å². The molecule has 138 valence electrons. The number of carbonyl (C=O) groups excluding carboxylic acids is 2. The number of anilines is 1. The number of carboxylic acids is 1. The maximum Gasteiger partial charge on any atom is 0.338 e. The third-order valence-electron chi connectivity index (χ3n) is 3.80. The van der Waals surface area contributed by atoms with E-state index in [-0.39, 0.29) is 24.5 Å². The van der Waals surface area contributed by atoms with Crippen molar-refractivity contribution in [2.24, 2.45) is 4.99 Å². The Hall–Kier alpha value is -3.68. The summed E-state index contributed by atoms with van der Waals surface area (Å²) < 4.78 is 4.96. The van der Waals surface area contributed by atoms with Gasteiger partial charge in [-0.05, 0) is 49.4 Å². The number of esters is 1. The molecule has 2 N–H and O–H groups in total. The predicted molar refractivity (Wildman–Crippen MR) is 98.1 cm³/mol. The second-order valence-corrected chi connectivity index (χ2v) is 5.70. The highest BCUT2D eigenvalue weighted by molar-refractivity contribution is 6.14. The molecule has 1 saturated heterocycles. The minimum atomic E-state index is -1.04. The normalized spacial score (nSPS) is 14.9. The van der Waals surface area contributed by atoms with Crippen LogP contribution in [-0.2, 0) is 9.53 Å². The fraction of sp³-hybridized carbons (Fsp3) is 0.158. The zero-order chi connectivity index (χ0) is 19.4. The molecule has 0 aliphatic carbocycles. The molecule has 0 unspecified atom stereocenters. The number of hydrogen-bond acceptors (Lipinski definition) is 5. The van der Waals surface area contributed by atoms with Crippen LogP contribution < -0.4 is 10.4 Å². The molecule has 1 aliphatic rings. The van der Waals surface area contributed by atoms with Gasteiger partial charge in [0.2, 0.25) is 0 Å². The highest BCUT2D eigenvalue weighted by Gasteiger charge is 2.27. The maximum absolute atomic E-state index is 12.2. The number of carboxylic acid groups (broad SMARTS) is 1. The summed E-state index contributed by atoms with van der Waals surface area (Å²) in [6.45, 7) is 2.01. The van der Waals surface area contributed by atoms with Crippen molar-refractivity contribution in [1.82, 2.24) is 5.43 Å². The standard InChI is InChI=1S/C19H17N3O5/c1-2-27-19(26)13-4-3-5-14(10-13)20-16-11-17(23)22(21-16)15-8-6-12(7-9-15)18(24)25/h3-10H,2,11H2,1H3,(H,20,21)(H,24,25). The number of hydrazine groups is 1. The van der Waals surface area contributed by atoms with E-state index in [4.69, 9.17) is 9.84 Å². The summed E-state index contributed by atoms with van der Waals surface area (Å²) in [7, 11) is 0. The van der Waals surface area contributed by atoms with E-state index in [0.29, 0.717) is 22.8 Å². The van der Waals surface area contributed by atoms with Crippen LogP contribution in [0, 0.1) is 0 Å². The van der Waals surface area contributed by atoms with E-state index in [2.05, 4.69) is 10.4 Å². The molecule has 0 aromatic heterocycles. The van der Waals surface area contributed by atoms with Gasteiger partial charge < -0.3 is 9.84 Å². The van der Waals surface area contributed by atoms with E-state index in [1.165, 1.54) is 17.1 Å². The summed E-state index contributed by atoms with van der Waals surface area (Å²) in [6, 6.07) is 12.5. The van der Waals surface area contributed by atoms with Gasteiger partial charge in [0.1, 0.15) is 5.84 Å². The number of amidine groups is 1. The summed E-state index contributed by atoms with van der Waals surface area (Å²) in [6.07, 6.45) is 0.0598. The van der Waals surface area contributed by atoms with E-state index >= 15 is 0 Å². The molecular formula is C19H17N3O5. The molecular weight excluding hydrogens is 350 g/mol. The van der Waals surface area contributed by atoms with Crippen molar-refractivity contribution >= 4 is 35.1 Å². The van der Waals surface area contributed by atoms with Gasteiger partial charge in [0, 0.05) is 0 Å². The number of nitrogens with zero attached hydrogens (tertiary/aromatic N) is 2. The van der Waals surface area contributed by atoms with Gasteiger partial charge in [0.15, 0.2) is 0 Å². The number of aliphatic imine (C=N–C) groups is 1. The fourth-order valence-electron chi connectivity index (χ4n) is 2.55. The first-order valence-corrected chi connectivity index (χ1v) is 8.25. The summed E-state index contributed by atoms with van der Waals surface area (Å²) >= 11 is 0. The lowest BCUT2D eigenvalue weighted by molar-refractivity contribution is -0.116. The average Bonchev–Trinajstić information content (AvgIpc) is 3.02. The molecule has 1 heterocycles. The minimum absolute atomic E-state index is 0.0598. The van der Waals surface area contributed by atoms with Gasteiger partial charge in [-0.2, -0.15) is 0 Å². The van der Waals surface area contributed by atoms with Crippen LogP contribution in [0.2, 0.25) is 0 Å². The van der Waals surface area contributed by atoms with Crippen molar-refractivity contribution in [2.45, 2.75) is 13.3 Å². The lowest BCUT2D eigenvalue weighted by atomic mass is 10.2. The van der Waals surface area contributed by atoms with Crippen LogP contribution in [0.25, 0.3) is 0 Å². The predicted octanol–water partition coefficient (Wildman–Crippen LogP) is 2.53. The number of aromatic carboxylic acids is 1. The summed E-state index contributed by atoms with van der Waals surface area (Å²) in [5.41, 5.74) is 4.43. The van der Waals surface area contributed by atoms with Crippen LogP contribution in [0.15, 0.2) is 53.5 Å². The fourth-order valence-corrected chi connectivity index (χ4v) is 2.55. The number of carbonyl (C=O) groups is 3. The average molecular weight is 367 g/mol. The maximum atomic E-state index is 12.2. The van der Waals surface area contributed by atoms with Crippen molar-refractivity contribution < 1.29 is 24.2 Å². The van der Waals surface area contributed by atoms with Crippen LogP contribution >= 0.6 is 0 Å². The Morgan fingerprint density at radius 1 is 1.19 bits per heavy atom. The van der Waals surface area contributed by atoms with E-state index in [1.54, 1.807) is 43.3 Å². The van der Waals surface area contributed by atoms with Crippen molar-refractivity contribution in [3.8, 4) is 0 Å². The lowest BCUT2D eigenvalue weighted by Gasteiger charge is -2.16. The SMILES string of the molecule is CCOC(=O)c1cccc(N=C2CC(=O)N(c3ccc(C(=O)O)cc3)N2)c1. The summed E-state index contributed by atoms with van der Waals surface area (Å²) in [5, 5.41) is 10.3. The Labute approximate surface area is 155 Å². The molecule has 27 heavy (non-hydrogen) atoms. The molecule has 8 nitrogen and oxygen atoms in total. The minimum Gasteiger partial charge on any atom is -0.478 e. The Balaban J connectivity index is 1.78. The Kier molecular flexibility index (Phi) is 5.16. The third-order valence-corrected chi connectivity index (χ3v) is 3.80. The number of hydrogen-bond donors (Lipinski definition) is 2. The van der Waals surface area contributed by atoms with E-state index < -0.39 is 11.9 Å². The monoisotopic (exact) mass is 367 g/mol. The first kappa shape index (κ1) is 18.1. The lowest BCUT2D eigenvalue weighted by Crippen LogP contribution is -2.35. The Morgan fingerprint density at radius 3 is 2.59 bits per heavy atom. The third kappa shape index (κ3) is 4.12. The van der Waals surface area contributed by atoms with Crippen LogP contribution in [0.1, 0.15) is 34.1 Å². The van der Waals surface area contributed by atoms with Crippen LogP contribution in [-0.4, -0.2) is 35.4 Å². The van der Waals surface area contributed by atoms with Gasteiger partial charge in [-0.25, -0.2) is 19.6 Å². The van der Waals surface area contributed by atoms with Gasteiger partial charge in [0.05, 0.1) is 35.5 Å². The molecule has 8 heteroatoms. The number of benzene rings is 2. The number of ether oxygens (including phenoxy) is 1. The smallest absolute Gasteiger partial charge is 0.338 e. The quantitative estimate of drug-likeness (QED) is 0.786. The highest BCUT2D eigenvalue weighted by atomic mass is 16.5. The summed E-state index contributed by atoms with van der Waals surface area (Å²) in [5.74, 6) is -1.28. The molecule has 2 aromatic rings. The van der Waals surface area contributed by atoms with E-state index in [0.717, 1.165) is 0 Å². The van der Waals surface area contributed by atoms with Gasteiger partial charge in [-0.15, -0.1) is 0 Å². The molecule has 0 atom stereocenters. The molecule has 3 rings (SSSR count). The molecule has 0 saturated carbocycles. The first-order chi connectivity index (χ1) is 13.0. The van der Waals surface area contributed by atoms with Crippen LogP contribution in [0.4, 0.5) is 11.4 Å². The first-order valence-electron chi connectivity index (χ1n) is 8.25. The van der Waals surface area contributed by atoms with Crippen LogP contribution in [0.3, 0.4) is 0 Å². The highest BCUT2D eigenvalue weighted by Crippen LogP contribution is 2.21. The van der Waals surface area contributed by atoms with Crippen molar-refractivity contribution in [3.05, 3.63) is 59.7 Å².